The number of rotatable bonds is 6. The highest BCUT2D eigenvalue weighted by Crippen LogP contribution is 2.29. The number of fused-ring (bicyclic) bond motifs is 1. The number of carbonyl (C=O) groups is 2. The van der Waals surface area contributed by atoms with Crippen molar-refractivity contribution in [3.8, 4) is 0 Å². The third-order valence-electron chi connectivity index (χ3n) is 4.59. The minimum atomic E-state index is -4.00. The molecule has 2 amide bonds. The molecule has 3 aromatic rings. The van der Waals surface area contributed by atoms with Gasteiger partial charge in [-0.25, -0.2) is 12.7 Å². The first-order valence-electron chi connectivity index (χ1n) is 9.18. The normalized spacial score (nSPS) is 14.4. The topological polar surface area (TPSA) is 83.6 Å². The maximum absolute atomic E-state index is 12.5. The summed E-state index contributed by atoms with van der Waals surface area (Å²) >= 11 is 1.71. The Labute approximate surface area is 179 Å². The monoisotopic (exact) mass is 438 g/mol. The highest BCUT2D eigenvalue weighted by Gasteiger charge is 2.41. The molecule has 0 bridgehead atoms. The lowest BCUT2D eigenvalue weighted by Crippen LogP contribution is -2.37. The molecule has 1 aliphatic heterocycles. The molecule has 1 N–H and O–H groups in total. The summed E-state index contributed by atoms with van der Waals surface area (Å²) in [5.41, 5.74) is 1.72. The molecular formula is C22H18N2O4S2. The Bertz CT molecular complexity index is 1190. The molecule has 0 aliphatic carbocycles. The van der Waals surface area contributed by atoms with E-state index in [2.05, 4.69) is 5.32 Å². The van der Waals surface area contributed by atoms with Gasteiger partial charge in [0.2, 0.25) is 5.91 Å². The highest BCUT2D eigenvalue weighted by molar-refractivity contribution is 7.98. The number of thioether (sulfide) groups is 1. The van der Waals surface area contributed by atoms with Crippen molar-refractivity contribution < 1.29 is 18.0 Å². The number of hydrogen-bond acceptors (Lipinski definition) is 5. The van der Waals surface area contributed by atoms with Gasteiger partial charge in [0.05, 0.1) is 5.56 Å². The molecule has 0 unspecified atom stereocenters. The average Bonchev–Trinajstić information content (AvgIpc) is 2.95. The van der Waals surface area contributed by atoms with Crippen LogP contribution in [-0.2, 0) is 20.6 Å². The van der Waals surface area contributed by atoms with Gasteiger partial charge in [-0.05, 0) is 42.0 Å². The zero-order chi connectivity index (χ0) is 21.1. The summed E-state index contributed by atoms with van der Waals surface area (Å²) < 4.78 is 25.7. The smallest absolute Gasteiger partial charge is 0.269 e. The van der Waals surface area contributed by atoms with Crippen molar-refractivity contribution in [1.29, 1.82) is 0 Å². The number of nitrogens with zero attached hydrogens (tertiary/aromatic N) is 1. The molecule has 30 heavy (non-hydrogen) atoms. The van der Waals surface area contributed by atoms with Crippen LogP contribution in [0, 0.1) is 0 Å². The molecule has 1 aliphatic rings. The minimum absolute atomic E-state index is 0.0666. The molecule has 3 aromatic carbocycles. The molecule has 0 saturated carbocycles. The third-order valence-corrected chi connectivity index (χ3v) is 7.46. The van der Waals surface area contributed by atoms with Gasteiger partial charge >= 0.3 is 0 Å². The van der Waals surface area contributed by atoms with E-state index in [0.717, 1.165) is 11.3 Å². The first-order valence-corrected chi connectivity index (χ1v) is 11.6. The second kappa shape index (κ2) is 8.33. The predicted molar refractivity (Wildman–Crippen MR) is 116 cm³/mol. The average molecular weight is 439 g/mol. The van der Waals surface area contributed by atoms with Crippen LogP contribution in [0.25, 0.3) is 0 Å². The van der Waals surface area contributed by atoms with Gasteiger partial charge in [-0.1, -0.05) is 42.5 Å². The van der Waals surface area contributed by atoms with Gasteiger partial charge in [0.15, 0.2) is 0 Å². The summed E-state index contributed by atoms with van der Waals surface area (Å²) in [6, 6.07) is 23.3. The maximum atomic E-state index is 12.5. The SMILES string of the molecule is O=C(CN1C(=O)c2ccccc2S1(=O)=O)Nc1ccc(CSc2ccccc2)cc1. The van der Waals surface area contributed by atoms with Gasteiger partial charge in [0.25, 0.3) is 15.9 Å². The van der Waals surface area contributed by atoms with Crippen LogP contribution < -0.4 is 5.32 Å². The number of carbonyl (C=O) groups excluding carboxylic acids is 2. The number of nitrogens with one attached hydrogen (secondary N) is 1. The zero-order valence-corrected chi connectivity index (χ0v) is 17.4. The van der Waals surface area contributed by atoms with E-state index in [1.807, 2.05) is 42.5 Å². The highest BCUT2D eigenvalue weighted by atomic mass is 32.2. The Hall–Kier alpha value is -3.10. The summed E-state index contributed by atoms with van der Waals surface area (Å²) in [5.74, 6) is -0.475. The Balaban J connectivity index is 1.37. The van der Waals surface area contributed by atoms with E-state index in [-0.39, 0.29) is 10.5 Å². The summed E-state index contributed by atoms with van der Waals surface area (Å²) in [6.07, 6.45) is 0. The van der Waals surface area contributed by atoms with Crippen LogP contribution >= 0.6 is 11.8 Å². The summed E-state index contributed by atoms with van der Waals surface area (Å²) in [4.78, 5) is 25.9. The van der Waals surface area contributed by atoms with Gasteiger partial charge in [-0.15, -0.1) is 11.8 Å². The Morgan fingerprint density at radius 2 is 1.57 bits per heavy atom. The molecule has 0 spiro atoms. The summed E-state index contributed by atoms with van der Waals surface area (Å²) in [7, 11) is -4.00. The van der Waals surface area contributed by atoms with E-state index in [4.69, 9.17) is 0 Å². The lowest BCUT2D eigenvalue weighted by molar-refractivity contribution is -0.116. The molecule has 1 heterocycles. The van der Waals surface area contributed by atoms with Gasteiger partial charge in [-0.3, -0.25) is 9.59 Å². The van der Waals surface area contributed by atoms with E-state index in [1.54, 1.807) is 36.0 Å². The molecule has 0 saturated heterocycles. The molecule has 4 rings (SSSR count). The van der Waals surface area contributed by atoms with Gasteiger partial charge in [-0.2, -0.15) is 0 Å². The molecule has 6 nitrogen and oxygen atoms in total. The quantitative estimate of drug-likeness (QED) is 0.593. The molecular weight excluding hydrogens is 420 g/mol. The van der Waals surface area contributed by atoms with Crippen LogP contribution in [-0.4, -0.2) is 31.1 Å². The van der Waals surface area contributed by atoms with Crippen LogP contribution in [0.1, 0.15) is 15.9 Å². The van der Waals surface area contributed by atoms with E-state index in [1.165, 1.54) is 17.0 Å². The van der Waals surface area contributed by atoms with Crippen molar-refractivity contribution >= 4 is 39.3 Å². The first-order chi connectivity index (χ1) is 14.4. The largest absolute Gasteiger partial charge is 0.325 e. The van der Waals surface area contributed by atoms with Crippen molar-refractivity contribution in [1.82, 2.24) is 4.31 Å². The van der Waals surface area contributed by atoms with Gasteiger partial charge in [0, 0.05) is 16.3 Å². The number of sulfonamides is 1. The Morgan fingerprint density at radius 3 is 2.27 bits per heavy atom. The van der Waals surface area contributed by atoms with E-state index in [0.29, 0.717) is 9.99 Å². The van der Waals surface area contributed by atoms with Crippen molar-refractivity contribution in [3.63, 3.8) is 0 Å². The number of anilines is 1. The molecule has 0 radical (unpaired) electrons. The fourth-order valence-corrected chi connectivity index (χ4v) is 5.49. The Kier molecular flexibility index (Phi) is 5.61. The van der Waals surface area contributed by atoms with E-state index < -0.39 is 28.4 Å². The van der Waals surface area contributed by atoms with Crippen molar-refractivity contribution in [2.45, 2.75) is 15.5 Å². The fraction of sp³-hybridized carbons (Fsp3) is 0.0909. The van der Waals surface area contributed by atoms with Crippen LogP contribution in [0.5, 0.6) is 0 Å². The zero-order valence-electron chi connectivity index (χ0n) is 15.8. The summed E-state index contributed by atoms with van der Waals surface area (Å²) in [6.45, 7) is -0.568. The van der Waals surface area contributed by atoms with Gasteiger partial charge < -0.3 is 5.32 Å². The molecule has 0 aromatic heterocycles. The molecule has 0 fully saturated rings. The fourth-order valence-electron chi connectivity index (χ4n) is 3.09. The van der Waals surface area contributed by atoms with Gasteiger partial charge in [0.1, 0.15) is 11.4 Å². The van der Waals surface area contributed by atoms with Crippen molar-refractivity contribution in [2.75, 3.05) is 11.9 Å². The standard InChI is InChI=1S/C22H18N2O4S2/c25-21(14-24-22(26)19-8-4-5-9-20(19)30(24,27)28)23-17-12-10-16(11-13-17)15-29-18-6-2-1-3-7-18/h1-13H,14-15H2,(H,23,25). The van der Waals surface area contributed by atoms with Crippen LogP contribution in [0.2, 0.25) is 0 Å². The van der Waals surface area contributed by atoms with E-state index in [9.17, 15) is 18.0 Å². The van der Waals surface area contributed by atoms with Crippen LogP contribution in [0.3, 0.4) is 0 Å². The Morgan fingerprint density at radius 1 is 0.900 bits per heavy atom. The number of benzene rings is 3. The number of hydrogen-bond donors (Lipinski definition) is 1. The molecule has 0 atom stereocenters. The van der Waals surface area contributed by atoms with E-state index >= 15 is 0 Å². The first kappa shape index (κ1) is 20.2. The number of amides is 2. The molecule has 152 valence electrons. The molecule has 8 heteroatoms. The van der Waals surface area contributed by atoms with Crippen molar-refractivity contribution in [3.05, 3.63) is 90.0 Å². The predicted octanol–water partition coefficient (Wildman–Crippen LogP) is 3.76. The lowest BCUT2D eigenvalue weighted by Gasteiger charge is -2.15. The van der Waals surface area contributed by atoms with Crippen LogP contribution in [0.15, 0.2) is 88.7 Å². The summed E-state index contributed by atoms with van der Waals surface area (Å²) in [5, 5.41) is 2.65. The minimum Gasteiger partial charge on any atom is -0.325 e. The second-order valence-corrected chi connectivity index (χ2v) is 9.54. The van der Waals surface area contributed by atoms with Crippen LogP contribution in [0.4, 0.5) is 5.69 Å². The second-order valence-electron chi connectivity index (χ2n) is 6.66. The third kappa shape index (κ3) is 4.10. The van der Waals surface area contributed by atoms with Crippen molar-refractivity contribution in [2.24, 2.45) is 0 Å². The lowest BCUT2D eigenvalue weighted by atomic mass is 10.2. The maximum Gasteiger partial charge on any atom is 0.269 e.